The first-order chi connectivity index (χ1) is 14.4. The number of methoxy groups -OCH3 is 1. The smallest absolute Gasteiger partial charge is 0.242 e. The zero-order chi connectivity index (χ0) is 21.9. The maximum atomic E-state index is 13.2. The third-order valence-corrected chi connectivity index (χ3v) is 5.62. The van der Waals surface area contributed by atoms with Gasteiger partial charge in [-0.25, -0.2) is 4.39 Å². The van der Waals surface area contributed by atoms with E-state index in [0.29, 0.717) is 12.3 Å². The van der Waals surface area contributed by atoms with Gasteiger partial charge in [0.05, 0.1) is 12.9 Å². The van der Waals surface area contributed by atoms with Gasteiger partial charge in [-0.05, 0) is 48.7 Å². The van der Waals surface area contributed by atoms with Crippen molar-refractivity contribution in [3.05, 3.63) is 65.5 Å². The molecule has 2 aromatic rings. The Kier molecular flexibility index (Phi) is 9.67. The average molecular weight is 433 g/mol. The van der Waals surface area contributed by atoms with Crippen molar-refractivity contribution in [2.24, 2.45) is 0 Å². The number of benzene rings is 2. The Bertz CT molecular complexity index is 812. The highest BCUT2D eigenvalue weighted by Crippen LogP contribution is 2.18. The van der Waals surface area contributed by atoms with E-state index >= 15 is 0 Å². The number of nitrogens with zero attached hydrogens (tertiary/aromatic N) is 1. The summed E-state index contributed by atoms with van der Waals surface area (Å²) in [5, 5.41) is 2.84. The lowest BCUT2D eigenvalue weighted by molar-refractivity contribution is -0.138. The lowest BCUT2D eigenvalue weighted by Crippen LogP contribution is -2.48. The Labute approximate surface area is 182 Å². The predicted octanol–water partition coefficient (Wildman–Crippen LogP) is 4.01. The molecule has 0 aliphatic heterocycles. The van der Waals surface area contributed by atoms with Gasteiger partial charge in [-0.1, -0.05) is 31.2 Å². The van der Waals surface area contributed by atoms with Gasteiger partial charge in [0.15, 0.2) is 0 Å². The number of thioether (sulfide) groups is 1. The highest BCUT2D eigenvalue weighted by atomic mass is 32.2. The zero-order valence-electron chi connectivity index (χ0n) is 17.7. The molecule has 1 atom stereocenters. The van der Waals surface area contributed by atoms with E-state index in [2.05, 4.69) is 5.32 Å². The van der Waals surface area contributed by atoms with E-state index in [4.69, 9.17) is 4.74 Å². The number of ether oxygens (including phenoxy) is 1. The van der Waals surface area contributed by atoms with Gasteiger partial charge >= 0.3 is 0 Å². The molecular formula is C23H29FN2O3S. The number of hydrogen-bond acceptors (Lipinski definition) is 4. The van der Waals surface area contributed by atoms with Crippen LogP contribution in [0.4, 0.5) is 4.39 Å². The molecule has 0 aliphatic rings. The predicted molar refractivity (Wildman–Crippen MR) is 119 cm³/mol. The SMILES string of the molecule is CCCNC(=O)[C@@H](C)N(Cc1ccc(F)cc1)C(=O)CSCc1ccc(OC)cc1. The number of amides is 2. The third-order valence-electron chi connectivity index (χ3n) is 4.64. The Morgan fingerprint density at radius 3 is 2.33 bits per heavy atom. The fourth-order valence-electron chi connectivity index (χ4n) is 2.83. The van der Waals surface area contributed by atoms with Crippen LogP contribution < -0.4 is 10.1 Å². The first-order valence-corrected chi connectivity index (χ1v) is 11.1. The second-order valence-corrected chi connectivity index (χ2v) is 7.94. The van der Waals surface area contributed by atoms with E-state index in [1.807, 2.05) is 31.2 Å². The second kappa shape index (κ2) is 12.2. The van der Waals surface area contributed by atoms with Gasteiger partial charge in [-0.2, -0.15) is 0 Å². The number of rotatable bonds is 11. The maximum Gasteiger partial charge on any atom is 0.242 e. The van der Waals surface area contributed by atoms with Crippen LogP contribution in [0.3, 0.4) is 0 Å². The summed E-state index contributed by atoms with van der Waals surface area (Å²) in [5.74, 6) is 1.07. The summed E-state index contributed by atoms with van der Waals surface area (Å²) in [7, 11) is 1.62. The minimum Gasteiger partial charge on any atom is -0.497 e. The number of nitrogens with one attached hydrogen (secondary N) is 1. The molecule has 0 saturated heterocycles. The summed E-state index contributed by atoms with van der Waals surface area (Å²) in [6.45, 7) is 4.51. The quantitative estimate of drug-likeness (QED) is 0.583. The summed E-state index contributed by atoms with van der Waals surface area (Å²) in [6, 6.07) is 13.1. The molecule has 0 aliphatic carbocycles. The van der Waals surface area contributed by atoms with E-state index < -0.39 is 6.04 Å². The van der Waals surface area contributed by atoms with Crippen molar-refractivity contribution in [2.75, 3.05) is 19.4 Å². The molecule has 0 aromatic heterocycles. The molecule has 2 rings (SSSR count). The van der Waals surface area contributed by atoms with Crippen molar-refractivity contribution in [2.45, 2.75) is 38.6 Å². The molecule has 2 aromatic carbocycles. The molecule has 1 N–H and O–H groups in total. The van der Waals surface area contributed by atoms with Crippen molar-refractivity contribution in [1.82, 2.24) is 10.2 Å². The highest BCUT2D eigenvalue weighted by Gasteiger charge is 2.25. The highest BCUT2D eigenvalue weighted by molar-refractivity contribution is 7.99. The van der Waals surface area contributed by atoms with Crippen LogP contribution in [0.2, 0.25) is 0 Å². The van der Waals surface area contributed by atoms with Gasteiger partial charge in [-0.3, -0.25) is 9.59 Å². The van der Waals surface area contributed by atoms with E-state index in [1.165, 1.54) is 23.9 Å². The van der Waals surface area contributed by atoms with Gasteiger partial charge < -0.3 is 15.0 Å². The van der Waals surface area contributed by atoms with Gasteiger partial charge in [0, 0.05) is 18.8 Å². The number of halogens is 1. The Morgan fingerprint density at radius 2 is 1.73 bits per heavy atom. The van der Waals surface area contributed by atoms with E-state index in [9.17, 15) is 14.0 Å². The molecule has 0 heterocycles. The Morgan fingerprint density at radius 1 is 1.10 bits per heavy atom. The number of hydrogen-bond donors (Lipinski definition) is 1. The normalized spacial score (nSPS) is 11.6. The summed E-state index contributed by atoms with van der Waals surface area (Å²) in [6.07, 6.45) is 0.822. The van der Waals surface area contributed by atoms with Crippen molar-refractivity contribution in [1.29, 1.82) is 0 Å². The molecule has 30 heavy (non-hydrogen) atoms. The monoisotopic (exact) mass is 432 g/mol. The molecule has 162 valence electrons. The van der Waals surface area contributed by atoms with Gasteiger partial charge in [0.2, 0.25) is 11.8 Å². The minimum atomic E-state index is -0.615. The van der Waals surface area contributed by atoms with E-state index in [0.717, 1.165) is 23.3 Å². The molecule has 0 radical (unpaired) electrons. The molecule has 0 unspecified atom stereocenters. The van der Waals surface area contributed by atoms with Crippen LogP contribution in [0.15, 0.2) is 48.5 Å². The minimum absolute atomic E-state index is 0.128. The van der Waals surface area contributed by atoms with Crippen LogP contribution in [0.5, 0.6) is 5.75 Å². The topological polar surface area (TPSA) is 58.6 Å². The Hall–Kier alpha value is -2.54. The van der Waals surface area contributed by atoms with Crippen LogP contribution >= 0.6 is 11.8 Å². The molecule has 7 heteroatoms. The van der Waals surface area contributed by atoms with Gasteiger partial charge in [0.25, 0.3) is 0 Å². The van der Waals surface area contributed by atoms with Crippen LogP contribution in [0.25, 0.3) is 0 Å². The molecule has 0 spiro atoms. The first kappa shape index (κ1) is 23.7. The molecule has 0 saturated carbocycles. The van der Waals surface area contributed by atoms with Crippen molar-refractivity contribution in [3.8, 4) is 5.75 Å². The number of carbonyl (C=O) groups excluding carboxylic acids is 2. The fourth-order valence-corrected chi connectivity index (χ4v) is 3.70. The van der Waals surface area contributed by atoms with Crippen LogP contribution in [-0.4, -0.2) is 42.2 Å². The summed E-state index contributed by atoms with van der Waals surface area (Å²) in [5.41, 5.74) is 1.87. The standard InChI is InChI=1S/C23H29FN2O3S/c1-4-13-25-23(28)17(2)26(14-18-5-9-20(24)10-6-18)22(27)16-30-15-19-7-11-21(29-3)12-8-19/h5-12,17H,4,13-16H2,1-3H3,(H,25,28)/t17-/m1/s1. The van der Waals surface area contributed by atoms with Crippen LogP contribution in [0, 0.1) is 5.82 Å². The molecule has 5 nitrogen and oxygen atoms in total. The lowest BCUT2D eigenvalue weighted by Gasteiger charge is -2.28. The van der Waals surface area contributed by atoms with Crippen molar-refractivity contribution < 1.29 is 18.7 Å². The van der Waals surface area contributed by atoms with Gasteiger partial charge in [-0.15, -0.1) is 11.8 Å². The second-order valence-electron chi connectivity index (χ2n) is 6.96. The number of carbonyl (C=O) groups is 2. The van der Waals surface area contributed by atoms with Crippen molar-refractivity contribution in [3.63, 3.8) is 0 Å². The molecule has 0 bridgehead atoms. The Balaban J connectivity index is 2.02. The maximum absolute atomic E-state index is 13.2. The molecular weight excluding hydrogens is 403 g/mol. The summed E-state index contributed by atoms with van der Waals surface area (Å²) >= 11 is 1.49. The average Bonchev–Trinajstić information content (AvgIpc) is 2.76. The zero-order valence-corrected chi connectivity index (χ0v) is 18.5. The van der Waals surface area contributed by atoms with Crippen molar-refractivity contribution >= 4 is 23.6 Å². The molecule has 2 amide bonds. The summed E-state index contributed by atoms with van der Waals surface area (Å²) in [4.78, 5) is 27.0. The summed E-state index contributed by atoms with van der Waals surface area (Å²) < 4.78 is 18.4. The largest absolute Gasteiger partial charge is 0.497 e. The first-order valence-electron chi connectivity index (χ1n) is 9.97. The fraction of sp³-hybridized carbons (Fsp3) is 0.391. The van der Waals surface area contributed by atoms with Crippen LogP contribution in [-0.2, 0) is 21.9 Å². The van der Waals surface area contributed by atoms with E-state index in [-0.39, 0.29) is 29.9 Å². The molecule has 0 fully saturated rings. The van der Waals surface area contributed by atoms with E-state index in [1.54, 1.807) is 31.1 Å². The van der Waals surface area contributed by atoms with Crippen LogP contribution in [0.1, 0.15) is 31.4 Å². The van der Waals surface area contributed by atoms with Gasteiger partial charge in [0.1, 0.15) is 17.6 Å². The third kappa shape index (κ3) is 7.37. The lowest BCUT2D eigenvalue weighted by atomic mass is 10.1.